The second-order valence-corrected chi connectivity index (χ2v) is 5.21. The fourth-order valence-electron chi connectivity index (χ4n) is 1.63. The van der Waals surface area contributed by atoms with E-state index in [9.17, 15) is 0 Å². The molecule has 0 unspecified atom stereocenters. The van der Waals surface area contributed by atoms with Gasteiger partial charge in [0.15, 0.2) is 0 Å². The van der Waals surface area contributed by atoms with Crippen LogP contribution in [0.2, 0.25) is 0 Å². The van der Waals surface area contributed by atoms with E-state index in [1.54, 1.807) is 11.8 Å². The molecule has 0 fully saturated rings. The van der Waals surface area contributed by atoms with E-state index in [0.717, 1.165) is 18.1 Å². The summed E-state index contributed by atoms with van der Waals surface area (Å²) in [5.41, 5.74) is 2.52. The quantitative estimate of drug-likeness (QED) is 0.886. The third-order valence-electron chi connectivity index (χ3n) is 2.68. The van der Waals surface area contributed by atoms with Gasteiger partial charge >= 0.3 is 0 Å². The predicted octanol–water partition coefficient (Wildman–Crippen LogP) is 3.65. The van der Waals surface area contributed by atoms with Crippen molar-refractivity contribution in [1.29, 1.82) is 0 Å². The van der Waals surface area contributed by atoms with Crippen LogP contribution < -0.4 is 5.32 Å². The first-order valence-electron chi connectivity index (χ1n) is 6.18. The molecule has 1 heterocycles. The summed E-state index contributed by atoms with van der Waals surface area (Å²) in [6, 6.07) is 12.6. The summed E-state index contributed by atoms with van der Waals surface area (Å²) in [6.45, 7) is 6.11. The van der Waals surface area contributed by atoms with Gasteiger partial charge in [-0.15, -0.1) is 0 Å². The summed E-state index contributed by atoms with van der Waals surface area (Å²) in [4.78, 5) is 5.76. The molecule has 0 spiro atoms. The molecule has 18 heavy (non-hydrogen) atoms. The van der Waals surface area contributed by atoms with E-state index in [0.29, 0.717) is 0 Å². The maximum Gasteiger partial charge on any atom is 0.101 e. The summed E-state index contributed by atoms with van der Waals surface area (Å²) in [5, 5.41) is 4.34. The standard InChI is InChI=1S/C15H18N2S/c1-3-16-10-13-8-9-15(17-11-13)18-14-7-5-4-6-12(14)2/h4-9,11,16H,3,10H2,1-2H3. The lowest BCUT2D eigenvalue weighted by Gasteiger charge is -2.05. The fraction of sp³-hybridized carbons (Fsp3) is 0.267. The van der Waals surface area contributed by atoms with Crippen molar-refractivity contribution in [3.8, 4) is 0 Å². The largest absolute Gasteiger partial charge is 0.313 e. The van der Waals surface area contributed by atoms with Crippen molar-refractivity contribution >= 4 is 11.8 Å². The average molecular weight is 258 g/mol. The Kier molecular flexibility index (Phi) is 4.79. The Morgan fingerprint density at radius 1 is 1.17 bits per heavy atom. The molecule has 2 rings (SSSR count). The fourth-order valence-corrected chi connectivity index (χ4v) is 2.47. The van der Waals surface area contributed by atoms with Crippen LogP contribution in [0.3, 0.4) is 0 Å². The number of aromatic nitrogens is 1. The molecular weight excluding hydrogens is 240 g/mol. The third kappa shape index (κ3) is 3.59. The first-order valence-corrected chi connectivity index (χ1v) is 7.00. The smallest absolute Gasteiger partial charge is 0.101 e. The minimum atomic E-state index is 0.888. The molecule has 0 radical (unpaired) electrons. The highest BCUT2D eigenvalue weighted by molar-refractivity contribution is 7.99. The van der Waals surface area contributed by atoms with Crippen LogP contribution in [-0.4, -0.2) is 11.5 Å². The number of pyridine rings is 1. The van der Waals surface area contributed by atoms with Gasteiger partial charge in [0.05, 0.1) is 0 Å². The van der Waals surface area contributed by atoms with Gasteiger partial charge in [-0.25, -0.2) is 4.98 Å². The summed E-state index contributed by atoms with van der Waals surface area (Å²) in [7, 11) is 0. The van der Waals surface area contributed by atoms with E-state index < -0.39 is 0 Å². The second kappa shape index (κ2) is 6.57. The molecule has 0 atom stereocenters. The Morgan fingerprint density at radius 2 is 2.00 bits per heavy atom. The molecule has 0 aliphatic carbocycles. The van der Waals surface area contributed by atoms with Gasteiger partial charge in [0, 0.05) is 17.6 Å². The van der Waals surface area contributed by atoms with Gasteiger partial charge in [-0.1, -0.05) is 43.0 Å². The molecular formula is C15H18N2S. The van der Waals surface area contributed by atoms with Gasteiger partial charge in [-0.3, -0.25) is 0 Å². The topological polar surface area (TPSA) is 24.9 Å². The Bertz CT molecular complexity index is 494. The zero-order valence-electron chi connectivity index (χ0n) is 10.8. The summed E-state index contributed by atoms with van der Waals surface area (Å²) < 4.78 is 0. The van der Waals surface area contributed by atoms with Crippen molar-refractivity contribution in [2.24, 2.45) is 0 Å². The molecule has 94 valence electrons. The number of rotatable bonds is 5. The van der Waals surface area contributed by atoms with E-state index in [-0.39, 0.29) is 0 Å². The van der Waals surface area contributed by atoms with Crippen molar-refractivity contribution in [2.45, 2.75) is 30.3 Å². The number of hydrogen-bond donors (Lipinski definition) is 1. The highest BCUT2D eigenvalue weighted by Crippen LogP contribution is 2.28. The van der Waals surface area contributed by atoms with Gasteiger partial charge in [0.1, 0.15) is 5.03 Å². The van der Waals surface area contributed by atoms with Crippen LogP contribution in [0.15, 0.2) is 52.5 Å². The number of benzene rings is 1. The Hall–Kier alpha value is -1.32. The minimum absolute atomic E-state index is 0.888. The van der Waals surface area contributed by atoms with Gasteiger partial charge in [-0.2, -0.15) is 0 Å². The highest BCUT2D eigenvalue weighted by Gasteiger charge is 2.01. The van der Waals surface area contributed by atoms with Gasteiger partial charge in [0.25, 0.3) is 0 Å². The third-order valence-corrected chi connectivity index (χ3v) is 3.81. The first kappa shape index (κ1) is 13.1. The normalized spacial score (nSPS) is 10.6. The molecule has 0 aliphatic rings. The Labute approximate surface area is 113 Å². The minimum Gasteiger partial charge on any atom is -0.313 e. The second-order valence-electron chi connectivity index (χ2n) is 4.15. The van der Waals surface area contributed by atoms with Crippen molar-refractivity contribution in [2.75, 3.05) is 6.54 Å². The maximum atomic E-state index is 4.49. The van der Waals surface area contributed by atoms with Crippen LogP contribution in [-0.2, 0) is 6.54 Å². The molecule has 2 nitrogen and oxygen atoms in total. The highest BCUT2D eigenvalue weighted by atomic mass is 32.2. The van der Waals surface area contributed by atoms with Crippen molar-refractivity contribution in [3.05, 3.63) is 53.7 Å². The Balaban J connectivity index is 2.04. The van der Waals surface area contributed by atoms with Crippen LogP contribution in [0.1, 0.15) is 18.1 Å². The SMILES string of the molecule is CCNCc1ccc(Sc2ccccc2C)nc1. The van der Waals surface area contributed by atoms with Crippen LogP contribution in [0, 0.1) is 6.92 Å². The summed E-state index contributed by atoms with van der Waals surface area (Å²) in [6.07, 6.45) is 1.95. The van der Waals surface area contributed by atoms with Gasteiger partial charge < -0.3 is 5.32 Å². The molecule has 0 saturated carbocycles. The molecule has 0 aliphatic heterocycles. The molecule has 0 bridgehead atoms. The lowest BCUT2D eigenvalue weighted by atomic mass is 10.2. The zero-order chi connectivity index (χ0) is 12.8. The zero-order valence-corrected chi connectivity index (χ0v) is 11.6. The van der Waals surface area contributed by atoms with Gasteiger partial charge in [-0.05, 0) is 36.7 Å². The lowest BCUT2D eigenvalue weighted by molar-refractivity contribution is 0.723. The molecule has 1 N–H and O–H groups in total. The van der Waals surface area contributed by atoms with E-state index in [1.807, 2.05) is 6.20 Å². The van der Waals surface area contributed by atoms with Crippen molar-refractivity contribution < 1.29 is 0 Å². The van der Waals surface area contributed by atoms with Crippen LogP contribution in [0.5, 0.6) is 0 Å². The van der Waals surface area contributed by atoms with E-state index >= 15 is 0 Å². The molecule has 0 saturated heterocycles. The summed E-state index contributed by atoms with van der Waals surface area (Å²) in [5.74, 6) is 0. The Morgan fingerprint density at radius 3 is 2.67 bits per heavy atom. The van der Waals surface area contributed by atoms with E-state index in [1.165, 1.54) is 16.0 Å². The molecule has 2 aromatic rings. The monoisotopic (exact) mass is 258 g/mol. The van der Waals surface area contributed by atoms with Crippen LogP contribution in [0.25, 0.3) is 0 Å². The predicted molar refractivity (Wildman–Crippen MR) is 76.9 cm³/mol. The molecule has 0 amide bonds. The molecule has 1 aromatic heterocycles. The number of nitrogens with one attached hydrogen (secondary N) is 1. The molecule has 3 heteroatoms. The van der Waals surface area contributed by atoms with Gasteiger partial charge in [0.2, 0.25) is 0 Å². The van der Waals surface area contributed by atoms with Crippen LogP contribution >= 0.6 is 11.8 Å². The lowest BCUT2D eigenvalue weighted by Crippen LogP contribution is -2.11. The van der Waals surface area contributed by atoms with Crippen molar-refractivity contribution in [3.63, 3.8) is 0 Å². The number of hydrogen-bond acceptors (Lipinski definition) is 3. The van der Waals surface area contributed by atoms with Crippen molar-refractivity contribution in [1.82, 2.24) is 10.3 Å². The van der Waals surface area contributed by atoms with E-state index in [4.69, 9.17) is 0 Å². The number of aryl methyl sites for hydroxylation is 1. The number of nitrogens with zero attached hydrogens (tertiary/aromatic N) is 1. The maximum absolute atomic E-state index is 4.49. The van der Waals surface area contributed by atoms with Crippen LogP contribution in [0.4, 0.5) is 0 Å². The van der Waals surface area contributed by atoms with E-state index in [2.05, 4.69) is 60.5 Å². The molecule has 1 aromatic carbocycles. The first-order chi connectivity index (χ1) is 8.79. The average Bonchev–Trinajstić information content (AvgIpc) is 2.41. The summed E-state index contributed by atoms with van der Waals surface area (Å²) >= 11 is 1.72.